The van der Waals surface area contributed by atoms with Crippen molar-refractivity contribution in [3.8, 4) is 5.75 Å². The summed E-state index contributed by atoms with van der Waals surface area (Å²) in [6.07, 6.45) is 20.4. The Labute approximate surface area is 357 Å². The molecule has 4 heteroatoms. The van der Waals surface area contributed by atoms with Crippen molar-refractivity contribution in [2.75, 3.05) is 9.80 Å². The first-order valence-electron chi connectivity index (χ1n) is 22.1. The number of rotatable bonds is 6. The Bertz CT molecular complexity index is 3240. The van der Waals surface area contributed by atoms with E-state index in [9.17, 15) is 0 Å². The summed E-state index contributed by atoms with van der Waals surface area (Å²) in [5.74, 6) is 0.965. The van der Waals surface area contributed by atoms with Crippen LogP contribution in [0.2, 0.25) is 0 Å². The summed E-state index contributed by atoms with van der Waals surface area (Å²) in [7, 11) is 0. The summed E-state index contributed by atoms with van der Waals surface area (Å²) >= 11 is 0. The van der Waals surface area contributed by atoms with Crippen LogP contribution >= 0.6 is 0 Å². The number of benzene rings is 7. The van der Waals surface area contributed by atoms with Crippen molar-refractivity contribution in [3.63, 3.8) is 0 Å². The van der Waals surface area contributed by atoms with Gasteiger partial charge in [0.25, 0.3) is 0 Å². The lowest BCUT2D eigenvalue weighted by atomic mass is 9.75. The minimum Gasteiger partial charge on any atom is -0.485 e. The molecule has 298 valence electrons. The number of allylic oxidation sites excluding steroid dienone is 5. The molecular weight excluding hydrogens is 745 g/mol. The van der Waals surface area contributed by atoms with Crippen molar-refractivity contribution in [2.24, 2.45) is 0 Å². The van der Waals surface area contributed by atoms with Gasteiger partial charge in [0, 0.05) is 44.5 Å². The van der Waals surface area contributed by atoms with Crippen LogP contribution in [0, 0.1) is 6.92 Å². The highest BCUT2D eigenvalue weighted by Crippen LogP contribution is 2.52. The largest absolute Gasteiger partial charge is 0.485 e. The fraction of sp³-hybridized carbons (Fsp3) is 0.193. The molecule has 8 aromatic rings. The van der Waals surface area contributed by atoms with Gasteiger partial charge in [-0.05, 0) is 172 Å². The molecule has 12 rings (SSSR count). The predicted molar refractivity (Wildman–Crippen MR) is 254 cm³/mol. The minimum absolute atomic E-state index is 0.0154. The van der Waals surface area contributed by atoms with Gasteiger partial charge in [0.2, 0.25) is 0 Å². The van der Waals surface area contributed by atoms with Crippen LogP contribution in [0.4, 0.5) is 28.4 Å². The molecule has 0 fully saturated rings. The van der Waals surface area contributed by atoms with E-state index in [1.165, 1.54) is 84.7 Å². The second-order valence-electron chi connectivity index (χ2n) is 17.7. The highest BCUT2D eigenvalue weighted by Gasteiger charge is 2.44. The number of nitrogens with zero attached hydrogens (tertiary/aromatic N) is 2. The zero-order valence-corrected chi connectivity index (χ0v) is 35.0. The molecule has 0 saturated carbocycles. The summed E-state index contributed by atoms with van der Waals surface area (Å²) in [5.41, 5.74) is 15.4. The second-order valence-corrected chi connectivity index (χ2v) is 17.7. The zero-order chi connectivity index (χ0) is 40.8. The molecule has 0 radical (unpaired) electrons. The summed E-state index contributed by atoms with van der Waals surface area (Å²) in [6, 6.07) is 45.1. The van der Waals surface area contributed by atoms with Crippen LogP contribution in [0.5, 0.6) is 5.75 Å². The Balaban J connectivity index is 1.10. The van der Waals surface area contributed by atoms with Gasteiger partial charge in [-0.1, -0.05) is 84.0 Å². The quantitative estimate of drug-likeness (QED) is 0.157. The normalized spacial score (nSPS) is 19.1. The van der Waals surface area contributed by atoms with E-state index in [1.54, 1.807) is 0 Å². The fourth-order valence-corrected chi connectivity index (χ4v) is 10.8. The lowest BCUT2D eigenvalue weighted by Gasteiger charge is -2.34. The average molecular weight is 793 g/mol. The molecule has 2 atom stereocenters. The van der Waals surface area contributed by atoms with Crippen molar-refractivity contribution < 1.29 is 9.15 Å². The van der Waals surface area contributed by atoms with Gasteiger partial charge in [0.15, 0.2) is 0 Å². The molecular formula is C57H48N2O2. The number of hydrogen-bond donors (Lipinski definition) is 0. The Morgan fingerprint density at radius 3 is 2.16 bits per heavy atom. The van der Waals surface area contributed by atoms with Crippen LogP contribution in [0.1, 0.15) is 61.8 Å². The fourth-order valence-electron chi connectivity index (χ4n) is 10.8. The third kappa shape index (κ3) is 5.72. The zero-order valence-electron chi connectivity index (χ0n) is 35.0. The van der Waals surface area contributed by atoms with E-state index in [0.29, 0.717) is 0 Å². The lowest BCUT2D eigenvalue weighted by Crippen LogP contribution is -2.33. The Morgan fingerprint density at radius 2 is 1.33 bits per heavy atom. The first-order chi connectivity index (χ1) is 29.9. The maximum absolute atomic E-state index is 6.58. The van der Waals surface area contributed by atoms with E-state index in [-0.39, 0.29) is 11.5 Å². The standard InChI is InChI=1S/C57H48N2O2/c1-36-22-26-53-48(30-36)49-31-40(24-27-54(49)60-53)58(38-14-6-4-7-15-38)51-33-46-43-19-11-13-21-45(43)52(34-47(46)42-18-10-12-20-44(42)51)59(39-16-8-5-9-17-39)41-25-28-55-50(32-41)57(3)35-37(2)23-29-56(57)61-55/h5-6,8-9,11,13-17,19,21-35,56H,4,7,10,12,18,20H2,1-3H3. The molecule has 61 heavy (non-hydrogen) atoms. The number of fused-ring (bicyclic) bond motifs is 11. The van der Waals surface area contributed by atoms with Crippen LogP contribution in [0.25, 0.3) is 43.5 Å². The maximum Gasteiger partial charge on any atom is 0.135 e. The van der Waals surface area contributed by atoms with E-state index < -0.39 is 0 Å². The third-order valence-corrected chi connectivity index (χ3v) is 13.8. The van der Waals surface area contributed by atoms with Gasteiger partial charge >= 0.3 is 0 Å². The van der Waals surface area contributed by atoms with Crippen LogP contribution < -0.4 is 14.5 Å². The maximum atomic E-state index is 6.58. The molecule has 0 amide bonds. The van der Waals surface area contributed by atoms with Crippen molar-refractivity contribution >= 4 is 71.9 Å². The Hall–Kier alpha value is -6.78. The van der Waals surface area contributed by atoms with E-state index in [1.807, 2.05) is 0 Å². The average Bonchev–Trinajstić information content (AvgIpc) is 3.80. The molecule has 0 saturated heterocycles. The third-order valence-electron chi connectivity index (χ3n) is 13.8. The topological polar surface area (TPSA) is 28.9 Å². The molecule has 1 aromatic heterocycles. The van der Waals surface area contributed by atoms with E-state index in [0.717, 1.165) is 65.0 Å². The first kappa shape index (κ1) is 36.1. The molecule has 0 spiro atoms. The van der Waals surface area contributed by atoms with E-state index >= 15 is 0 Å². The molecule has 7 aromatic carbocycles. The second kappa shape index (κ2) is 13.9. The van der Waals surface area contributed by atoms with Crippen molar-refractivity contribution in [2.45, 2.75) is 70.8 Å². The summed E-state index contributed by atoms with van der Waals surface area (Å²) < 4.78 is 13.0. The molecule has 0 bridgehead atoms. The van der Waals surface area contributed by atoms with Crippen LogP contribution in [0.15, 0.2) is 173 Å². The van der Waals surface area contributed by atoms with Crippen LogP contribution in [0.3, 0.4) is 0 Å². The molecule has 4 aliphatic rings. The van der Waals surface area contributed by atoms with Gasteiger partial charge in [-0.25, -0.2) is 0 Å². The van der Waals surface area contributed by atoms with Gasteiger partial charge in [-0.2, -0.15) is 0 Å². The predicted octanol–water partition coefficient (Wildman–Crippen LogP) is 15.5. The minimum atomic E-state index is -0.240. The van der Waals surface area contributed by atoms with Gasteiger partial charge in [-0.3, -0.25) is 0 Å². The summed E-state index contributed by atoms with van der Waals surface area (Å²) in [6.45, 7) is 6.66. The summed E-state index contributed by atoms with van der Waals surface area (Å²) in [4.78, 5) is 5.02. The number of para-hydroxylation sites is 1. The number of ether oxygens (including phenoxy) is 1. The SMILES string of the molecule is CC1=CC2(C)c3cc(N(c4ccccc4)c4cc5c6c(c(N(C7=CCCC=C7)c7ccc8oc9ccc(C)cc9c8c7)cc5c5ccccc45)CCCC6)ccc3OC2C=C1. The molecule has 0 N–H and O–H groups in total. The number of hydrogen-bond acceptors (Lipinski definition) is 4. The number of aryl methyl sites for hydroxylation is 2. The highest BCUT2D eigenvalue weighted by atomic mass is 16.5. The highest BCUT2D eigenvalue weighted by molar-refractivity contribution is 6.17. The monoisotopic (exact) mass is 792 g/mol. The first-order valence-corrected chi connectivity index (χ1v) is 22.1. The van der Waals surface area contributed by atoms with Crippen LogP contribution in [-0.4, -0.2) is 6.10 Å². The Morgan fingerprint density at radius 1 is 0.590 bits per heavy atom. The summed E-state index contributed by atoms with van der Waals surface area (Å²) in [5, 5.41) is 7.45. The molecule has 2 heterocycles. The van der Waals surface area contributed by atoms with Gasteiger partial charge in [0.05, 0.1) is 16.8 Å². The Kier molecular flexibility index (Phi) is 8.22. The smallest absolute Gasteiger partial charge is 0.135 e. The van der Waals surface area contributed by atoms with Crippen molar-refractivity contribution in [1.82, 2.24) is 0 Å². The van der Waals surface area contributed by atoms with E-state index in [4.69, 9.17) is 9.15 Å². The van der Waals surface area contributed by atoms with Crippen LogP contribution in [-0.2, 0) is 18.3 Å². The molecule has 1 aliphatic heterocycles. The van der Waals surface area contributed by atoms with Gasteiger partial charge < -0.3 is 19.0 Å². The van der Waals surface area contributed by atoms with Crippen molar-refractivity contribution in [1.29, 1.82) is 0 Å². The number of furan rings is 1. The molecule has 3 aliphatic carbocycles. The molecule has 4 nitrogen and oxygen atoms in total. The number of anilines is 5. The van der Waals surface area contributed by atoms with E-state index in [2.05, 4.69) is 188 Å². The van der Waals surface area contributed by atoms with Crippen molar-refractivity contribution in [3.05, 3.63) is 191 Å². The lowest BCUT2D eigenvalue weighted by molar-refractivity contribution is 0.227. The van der Waals surface area contributed by atoms with Gasteiger partial charge in [0.1, 0.15) is 23.0 Å². The molecule has 2 unspecified atom stereocenters. The van der Waals surface area contributed by atoms with Gasteiger partial charge in [-0.15, -0.1) is 0 Å².